The van der Waals surface area contributed by atoms with E-state index in [4.69, 9.17) is 23.2 Å². The van der Waals surface area contributed by atoms with Crippen molar-refractivity contribution in [2.45, 2.75) is 31.3 Å². The zero-order chi connectivity index (χ0) is 11.3. The van der Waals surface area contributed by atoms with E-state index in [0.717, 1.165) is 18.4 Å². The maximum absolute atomic E-state index is 10.7. The number of hydrogen-bond donors (Lipinski definition) is 1. The molecule has 0 aliphatic heterocycles. The molecular formula is C13H14Cl2O. The molecule has 0 aromatic heterocycles. The summed E-state index contributed by atoms with van der Waals surface area (Å²) in [7, 11) is 0. The van der Waals surface area contributed by atoms with Gasteiger partial charge in [-0.25, -0.2) is 0 Å². The van der Waals surface area contributed by atoms with Gasteiger partial charge < -0.3 is 5.11 Å². The Labute approximate surface area is 105 Å². The Morgan fingerprint density at radius 2 is 1.50 bits per heavy atom. The van der Waals surface area contributed by atoms with Crippen molar-refractivity contribution in [2.75, 3.05) is 0 Å². The lowest BCUT2D eigenvalue weighted by atomic mass is 10.0. The summed E-state index contributed by atoms with van der Waals surface area (Å²) in [5.41, 5.74) is 0.257. The second kappa shape index (κ2) is 3.63. The minimum atomic E-state index is -0.648. The van der Waals surface area contributed by atoms with E-state index >= 15 is 0 Å². The van der Waals surface area contributed by atoms with E-state index in [1.165, 1.54) is 12.8 Å². The third-order valence-electron chi connectivity index (χ3n) is 4.11. The van der Waals surface area contributed by atoms with Gasteiger partial charge in [-0.1, -0.05) is 36.0 Å². The lowest BCUT2D eigenvalue weighted by Gasteiger charge is -2.12. The van der Waals surface area contributed by atoms with Crippen molar-refractivity contribution in [1.29, 1.82) is 0 Å². The summed E-state index contributed by atoms with van der Waals surface area (Å²) in [4.78, 5) is 0. The van der Waals surface area contributed by atoms with Crippen LogP contribution in [0.2, 0.25) is 10.0 Å². The second-order valence-electron chi connectivity index (χ2n) is 4.98. The van der Waals surface area contributed by atoms with E-state index in [2.05, 4.69) is 0 Å². The quantitative estimate of drug-likeness (QED) is 0.806. The predicted octanol–water partition coefficient (Wildman–Crippen LogP) is 4.00. The number of aliphatic hydroxyl groups is 1. The molecule has 86 valence electrons. The van der Waals surface area contributed by atoms with Crippen LogP contribution in [0.4, 0.5) is 0 Å². The first-order chi connectivity index (χ1) is 7.62. The van der Waals surface area contributed by atoms with Crippen LogP contribution in [-0.4, -0.2) is 5.11 Å². The van der Waals surface area contributed by atoms with E-state index in [0.29, 0.717) is 21.9 Å². The third-order valence-corrected chi connectivity index (χ3v) is 4.55. The molecule has 2 aliphatic carbocycles. The zero-order valence-corrected chi connectivity index (χ0v) is 10.4. The smallest absolute Gasteiger partial charge is 0.0961 e. The minimum absolute atomic E-state index is 0.427. The first kappa shape index (κ1) is 10.9. The number of fused-ring (bicyclic) bond motifs is 1. The second-order valence-corrected chi connectivity index (χ2v) is 5.85. The van der Waals surface area contributed by atoms with Crippen LogP contribution in [-0.2, 0) is 5.60 Å². The van der Waals surface area contributed by atoms with Gasteiger partial charge in [0, 0.05) is 10.0 Å². The van der Waals surface area contributed by atoms with Crippen molar-refractivity contribution in [1.82, 2.24) is 0 Å². The minimum Gasteiger partial charge on any atom is -0.385 e. The first-order valence-corrected chi connectivity index (χ1v) is 6.57. The Balaban J connectivity index is 1.98. The number of benzene rings is 1. The summed E-state index contributed by atoms with van der Waals surface area (Å²) >= 11 is 12.0. The van der Waals surface area contributed by atoms with Crippen molar-refractivity contribution in [2.24, 2.45) is 11.8 Å². The summed E-state index contributed by atoms with van der Waals surface area (Å²) in [6.07, 6.45) is 4.73. The van der Waals surface area contributed by atoms with Crippen LogP contribution in [0.5, 0.6) is 0 Å². The Kier molecular flexibility index (Phi) is 2.47. The molecule has 0 heterocycles. The molecule has 1 aromatic rings. The molecule has 2 unspecified atom stereocenters. The SMILES string of the molecule is OC1(c2cc(Cl)cc(Cl)c2)C2CCCCC21. The summed E-state index contributed by atoms with van der Waals surface area (Å²) in [6, 6.07) is 5.42. The molecule has 2 atom stereocenters. The molecule has 0 radical (unpaired) electrons. The van der Waals surface area contributed by atoms with Crippen molar-refractivity contribution < 1.29 is 5.11 Å². The number of halogens is 2. The summed E-state index contributed by atoms with van der Waals surface area (Å²) in [6.45, 7) is 0. The molecule has 3 rings (SSSR count). The summed E-state index contributed by atoms with van der Waals surface area (Å²) in [5.74, 6) is 0.853. The van der Waals surface area contributed by atoms with Gasteiger partial charge in [0.15, 0.2) is 0 Å². The Hall–Kier alpha value is -0.240. The zero-order valence-electron chi connectivity index (χ0n) is 8.92. The van der Waals surface area contributed by atoms with Gasteiger partial charge in [0.2, 0.25) is 0 Å². The average Bonchev–Trinajstić information content (AvgIpc) is 2.86. The lowest BCUT2D eigenvalue weighted by molar-refractivity contribution is 0.118. The Bertz CT molecular complexity index is 398. The molecule has 1 aromatic carbocycles. The molecule has 16 heavy (non-hydrogen) atoms. The maximum atomic E-state index is 10.7. The van der Waals surface area contributed by atoms with Crippen LogP contribution in [0.15, 0.2) is 18.2 Å². The topological polar surface area (TPSA) is 20.2 Å². The van der Waals surface area contributed by atoms with Crippen LogP contribution >= 0.6 is 23.2 Å². The average molecular weight is 257 g/mol. The molecular weight excluding hydrogens is 243 g/mol. The standard InChI is InChI=1S/C13H14Cl2O/c14-9-5-8(6-10(15)7-9)13(16)11-3-1-2-4-12(11)13/h5-7,11-12,16H,1-4H2. The summed E-state index contributed by atoms with van der Waals surface area (Å²) < 4.78 is 0. The summed E-state index contributed by atoms with van der Waals surface area (Å²) in [5, 5.41) is 11.9. The lowest BCUT2D eigenvalue weighted by Crippen LogP contribution is -2.10. The third kappa shape index (κ3) is 1.49. The monoisotopic (exact) mass is 256 g/mol. The highest BCUT2D eigenvalue weighted by Gasteiger charge is 2.64. The van der Waals surface area contributed by atoms with E-state index in [1.807, 2.05) is 12.1 Å². The van der Waals surface area contributed by atoms with Crippen LogP contribution in [0.25, 0.3) is 0 Å². The maximum Gasteiger partial charge on any atom is 0.0961 e. The van der Waals surface area contributed by atoms with E-state index in [9.17, 15) is 5.11 Å². The van der Waals surface area contributed by atoms with Gasteiger partial charge in [-0.15, -0.1) is 0 Å². The van der Waals surface area contributed by atoms with Gasteiger partial charge in [-0.05, 0) is 48.4 Å². The van der Waals surface area contributed by atoms with Gasteiger partial charge in [0.1, 0.15) is 0 Å². The fourth-order valence-electron chi connectivity index (χ4n) is 3.31. The highest BCUT2D eigenvalue weighted by Crippen LogP contribution is 2.64. The van der Waals surface area contributed by atoms with Crippen LogP contribution in [0, 0.1) is 11.8 Å². The molecule has 0 bridgehead atoms. The molecule has 1 nitrogen and oxygen atoms in total. The molecule has 0 amide bonds. The Morgan fingerprint density at radius 1 is 1.00 bits per heavy atom. The molecule has 3 heteroatoms. The van der Waals surface area contributed by atoms with Gasteiger partial charge in [0.05, 0.1) is 5.60 Å². The largest absolute Gasteiger partial charge is 0.385 e. The molecule has 0 spiro atoms. The normalized spacial score (nSPS) is 36.9. The predicted molar refractivity (Wildman–Crippen MR) is 65.8 cm³/mol. The Morgan fingerprint density at radius 3 is 2.00 bits per heavy atom. The number of hydrogen-bond acceptors (Lipinski definition) is 1. The molecule has 2 fully saturated rings. The van der Waals surface area contributed by atoms with E-state index in [1.54, 1.807) is 6.07 Å². The molecule has 0 saturated heterocycles. The van der Waals surface area contributed by atoms with E-state index in [-0.39, 0.29) is 0 Å². The van der Waals surface area contributed by atoms with Crippen molar-refractivity contribution in [3.8, 4) is 0 Å². The van der Waals surface area contributed by atoms with E-state index < -0.39 is 5.60 Å². The van der Waals surface area contributed by atoms with Crippen molar-refractivity contribution >= 4 is 23.2 Å². The van der Waals surface area contributed by atoms with Crippen molar-refractivity contribution in [3.63, 3.8) is 0 Å². The van der Waals surface area contributed by atoms with Crippen LogP contribution in [0.3, 0.4) is 0 Å². The fraction of sp³-hybridized carbons (Fsp3) is 0.538. The van der Waals surface area contributed by atoms with Gasteiger partial charge in [-0.3, -0.25) is 0 Å². The first-order valence-electron chi connectivity index (χ1n) is 5.81. The van der Waals surface area contributed by atoms with Crippen LogP contribution < -0.4 is 0 Å². The number of rotatable bonds is 1. The van der Waals surface area contributed by atoms with Crippen molar-refractivity contribution in [3.05, 3.63) is 33.8 Å². The molecule has 1 N–H and O–H groups in total. The fourth-order valence-corrected chi connectivity index (χ4v) is 3.83. The van der Waals surface area contributed by atoms with Crippen LogP contribution in [0.1, 0.15) is 31.2 Å². The molecule has 2 saturated carbocycles. The molecule has 2 aliphatic rings. The highest BCUT2D eigenvalue weighted by molar-refractivity contribution is 6.34. The van der Waals surface area contributed by atoms with Gasteiger partial charge in [0.25, 0.3) is 0 Å². The van der Waals surface area contributed by atoms with Gasteiger partial charge >= 0.3 is 0 Å². The van der Waals surface area contributed by atoms with Gasteiger partial charge in [-0.2, -0.15) is 0 Å². The highest BCUT2D eigenvalue weighted by atomic mass is 35.5.